The van der Waals surface area contributed by atoms with Crippen molar-refractivity contribution in [3.63, 3.8) is 0 Å². The summed E-state index contributed by atoms with van der Waals surface area (Å²) in [4.78, 5) is 19.2. The number of carbonyl (C=O) groups excluding carboxylic acids is 1. The van der Waals surface area contributed by atoms with Gasteiger partial charge in [0.15, 0.2) is 0 Å². The van der Waals surface area contributed by atoms with Crippen LogP contribution in [0.2, 0.25) is 0 Å². The van der Waals surface area contributed by atoms with Gasteiger partial charge < -0.3 is 4.74 Å². The Hall–Kier alpha value is -1.50. The second kappa shape index (κ2) is 3.93. The number of aromatic nitrogens is 4. The van der Waals surface area contributed by atoms with Crippen molar-refractivity contribution in [1.82, 2.24) is 19.6 Å². The fraction of sp³-hybridized carbons (Fsp3) is 0.250. The van der Waals surface area contributed by atoms with Gasteiger partial charge in [0.2, 0.25) is 0 Å². The first-order chi connectivity index (χ1) is 7.20. The van der Waals surface area contributed by atoms with Crippen molar-refractivity contribution in [2.24, 2.45) is 0 Å². The van der Waals surface area contributed by atoms with E-state index in [9.17, 15) is 4.79 Å². The second-order valence-electron chi connectivity index (χ2n) is 2.67. The number of ether oxygens (including phenoxy) is 1. The van der Waals surface area contributed by atoms with Gasteiger partial charge in [-0.25, -0.2) is 14.3 Å². The Bertz CT molecular complexity index is 510. The predicted octanol–water partition coefficient (Wildman–Crippen LogP) is 1.06. The van der Waals surface area contributed by atoms with Crippen LogP contribution in [-0.4, -0.2) is 32.2 Å². The lowest BCUT2D eigenvalue weighted by molar-refractivity contribution is 0.0512. The van der Waals surface area contributed by atoms with E-state index < -0.39 is 5.97 Å². The monoisotopic (exact) mass is 270 g/mol. The van der Waals surface area contributed by atoms with Crippen LogP contribution >= 0.6 is 15.9 Å². The third kappa shape index (κ3) is 1.96. The van der Waals surface area contributed by atoms with Crippen molar-refractivity contribution >= 4 is 27.7 Å². The molecule has 0 N–H and O–H groups in total. The first kappa shape index (κ1) is 10.0. The molecule has 0 unspecified atom stereocenters. The van der Waals surface area contributed by atoms with Crippen LogP contribution in [-0.2, 0) is 4.74 Å². The number of hydrogen-bond donors (Lipinski definition) is 0. The molecule has 0 amide bonds. The molecule has 0 aliphatic rings. The SMILES string of the molecule is CCOC(=O)c1nc2ncc(Br)cn2n1. The van der Waals surface area contributed by atoms with Gasteiger partial charge in [-0.2, -0.15) is 4.98 Å². The molecule has 0 aromatic carbocycles. The molecule has 2 heterocycles. The number of halogens is 1. The number of carbonyl (C=O) groups is 1. The molecule has 2 aromatic heterocycles. The number of nitrogens with zero attached hydrogens (tertiary/aromatic N) is 4. The van der Waals surface area contributed by atoms with E-state index in [1.807, 2.05) is 0 Å². The van der Waals surface area contributed by atoms with Gasteiger partial charge in [-0.05, 0) is 22.9 Å². The van der Waals surface area contributed by atoms with Crippen LogP contribution in [0.25, 0.3) is 5.78 Å². The summed E-state index contributed by atoms with van der Waals surface area (Å²) in [5.74, 6) is -0.164. The van der Waals surface area contributed by atoms with Crippen LogP contribution in [0.3, 0.4) is 0 Å². The van der Waals surface area contributed by atoms with E-state index in [1.165, 1.54) is 4.52 Å². The molecule has 2 rings (SSSR count). The van der Waals surface area contributed by atoms with Crippen LogP contribution in [0.1, 0.15) is 17.5 Å². The zero-order chi connectivity index (χ0) is 10.8. The van der Waals surface area contributed by atoms with Gasteiger partial charge in [-0.15, -0.1) is 5.10 Å². The average Bonchev–Trinajstić information content (AvgIpc) is 2.60. The molecule has 0 atom stereocenters. The molecule has 6 nitrogen and oxygen atoms in total. The Morgan fingerprint density at radius 2 is 2.47 bits per heavy atom. The van der Waals surface area contributed by atoms with Gasteiger partial charge in [0.25, 0.3) is 11.6 Å². The minimum Gasteiger partial charge on any atom is -0.460 e. The molecule has 0 radical (unpaired) electrons. The summed E-state index contributed by atoms with van der Waals surface area (Å²) >= 11 is 3.24. The Kier molecular flexibility index (Phi) is 2.63. The number of fused-ring (bicyclic) bond motifs is 1. The highest BCUT2D eigenvalue weighted by Gasteiger charge is 2.14. The molecule has 0 saturated heterocycles. The largest absolute Gasteiger partial charge is 0.460 e. The summed E-state index contributed by atoms with van der Waals surface area (Å²) in [5.41, 5.74) is 0. The summed E-state index contributed by atoms with van der Waals surface area (Å²) in [6.07, 6.45) is 3.25. The van der Waals surface area contributed by atoms with Gasteiger partial charge in [0, 0.05) is 12.4 Å². The highest BCUT2D eigenvalue weighted by molar-refractivity contribution is 9.10. The summed E-state index contributed by atoms with van der Waals surface area (Å²) in [7, 11) is 0. The van der Waals surface area contributed by atoms with Crippen molar-refractivity contribution in [2.75, 3.05) is 6.61 Å². The summed E-state index contributed by atoms with van der Waals surface area (Å²) in [5, 5.41) is 3.93. The first-order valence-electron chi connectivity index (χ1n) is 4.25. The van der Waals surface area contributed by atoms with E-state index in [4.69, 9.17) is 4.74 Å². The lowest BCUT2D eigenvalue weighted by Crippen LogP contribution is -2.06. The van der Waals surface area contributed by atoms with E-state index in [-0.39, 0.29) is 5.82 Å². The fourth-order valence-corrected chi connectivity index (χ4v) is 1.34. The zero-order valence-corrected chi connectivity index (χ0v) is 9.43. The quantitative estimate of drug-likeness (QED) is 0.764. The maximum Gasteiger partial charge on any atom is 0.378 e. The topological polar surface area (TPSA) is 69.4 Å². The minimum atomic E-state index is -0.542. The zero-order valence-electron chi connectivity index (χ0n) is 7.85. The standard InChI is InChI=1S/C8H7BrN4O2/c1-2-15-7(14)6-11-8-10-3-5(9)4-13(8)12-6/h3-4H,2H2,1H3. The van der Waals surface area contributed by atoms with Gasteiger partial charge >= 0.3 is 5.97 Å². The predicted molar refractivity (Wildman–Crippen MR) is 54.4 cm³/mol. The lowest BCUT2D eigenvalue weighted by Gasteiger charge is -1.93. The maximum atomic E-state index is 11.3. The molecule has 15 heavy (non-hydrogen) atoms. The highest BCUT2D eigenvalue weighted by atomic mass is 79.9. The molecule has 0 fully saturated rings. The lowest BCUT2D eigenvalue weighted by atomic mass is 10.6. The average molecular weight is 271 g/mol. The van der Waals surface area contributed by atoms with Crippen LogP contribution in [0.15, 0.2) is 16.9 Å². The first-order valence-corrected chi connectivity index (χ1v) is 5.05. The van der Waals surface area contributed by atoms with Crippen molar-refractivity contribution < 1.29 is 9.53 Å². The van der Waals surface area contributed by atoms with Crippen LogP contribution < -0.4 is 0 Å². The van der Waals surface area contributed by atoms with Crippen LogP contribution in [0, 0.1) is 0 Å². The number of hydrogen-bond acceptors (Lipinski definition) is 5. The molecule has 2 aromatic rings. The van der Waals surface area contributed by atoms with Gasteiger partial charge in [-0.1, -0.05) is 0 Å². The molecule has 0 aliphatic carbocycles. The third-order valence-electron chi connectivity index (χ3n) is 1.62. The Morgan fingerprint density at radius 1 is 1.67 bits per heavy atom. The number of esters is 1. The summed E-state index contributed by atoms with van der Waals surface area (Å²) < 4.78 is 6.94. The van der Waals surface area contributed by atoms with Crippen molar-refractivity contribution in [3.8, 4) is 0 Å². The van der Waals surface area contributed by atoms with Gasteiger partial charge in [-0.3, -0.25) is 0 Å². The molecular formula is C8H7BrN4O2. The van der Waals surface area contributed by atoms with Crippen molar-refractivity contribution in [2.45, 2.75) is 6.92 Å². The summed E-state index contributed by atoms with van der Waals surface area (Å²) in [6.45, 7) is 2.02. The second-order valence-corrected chi connectivity index (χ2v) is 3.59. The Balaban J connectivity index is 2.42. The van der Waals surface area contributed by atoms with Gasteiger partial charge in [0.05, 0.1) is 11.1 Å². The fourth-order valence-electron chi connectivity index (χ4n) is 1.04. The van der Waals surface area contributed by atoms with E-state index in [1.54, 1.807) is 19.3 Å². The van der Waals surface area contributed by atoms with E-state index in [0.29, 0.717) is 12.4 Å². The summed E-state index contributed by atoms with van der Waals surface area (Å²) in [6, 6.07) is 0. The molecule has 78 valence electrons. The van der Waals surface area contributed by atoms with E-state index >= 15 is 0 Å². The van der Waals surface area contributed by atoms with Crippen LogP contribution in [0.5, 0.6) is 0 Å². The highest BCUT2D eigenvalue weighted by Crippen LogP contribution is 2.07. The Labute approximate surface area is 93.4 Å². The Morgan fingerprint density at radius 3 is 3.20 bits per heavy atom. The third-order valence-corrected chi connectivity index (χ3v) is 2.03. The smallest absolute Gasteiger partial charge is 0.378 e. The van der Waals surface area contributed by atoms with Gasteiger partial charge in [0.1, 0.15) is 0 Å². The van der Waals surface area contributed by atoms with E-state index in [0.717, 1.165) is 4.47 Å². The minimum absolute atomic E-state index is 0.0162. The molecule has 0 spiro atoms. The van der Waals surface area contributed by atoms with Crippen molar-refractivity contribution in [3.05, 3.63) is 22.7 Å². The number of rotatable bonds is 2. The molecule has 7 heteroatoms. The maximum absolute atomic E-state index is 11.3. The van der Waals surface area contributed by atoms with E-state index in [2.05, 4.69) is 31.0 Å². The normalized spacial score (nSPS) is 10.5. The molecular weight excluding hydrogens is 264 g/mol. The van der Waals surface area contributed by atoms with Crippen molar-refractivity contribution in [1.29, 1.82) is 0 Å². The molecule has 0 saturated carbocycles. The molecule has 0 aliphatic heterocycles. The molecule has 0 bridgehead atoms. The van der Waals surface area contributed by atoms with Crippen LogP contribution in [0.4, 0.5) is 0 Å².